The van der Waals surface area contributed by atoms with Crippen LogP contribution in [0.25, 0.3) is 0 Å². The zero-order valence-electron chi connectivity index (χ0n) is 10.9. The van der Waals surface area contributed by atoms with Crippen molar-refractivity contribution < 1.29 is 9.53 Å². The molecule has 5 nitrogen and oxygen atoms in total. The standard InChI is InChI=1S/C13H19N3O2/c1-9-12(7-15-10(2)16-9)13(17)14-5-3-11-4-6-18-8-11/h7,11H,3-6,8H2,1-2H3,(H,14,17)/t11-/m0/s1. The third-order valence-corrected chi connectivity index (χ3v) is 3.21. The number of carbonyl (C=O) groups excluding carboxylic acids is 1. The zero-order valence-corrected chi connectivity index (χ0v) is 10.9. The van der Waals surface area contributed by atoms with E-state index in [-0.39, 0.29) is 5.91 Å². The molecule has 1 aromatic heterocycles. The number of aromatic nitrogens is 2. The summed E-state index contributed by atoms with van der Waals surface area (Å²) in [5.41, 5.74) is 1.28. The van der Waals surface area contributed by atoms with E-state index >= 15 is 0 Å². The van der Waals surface area contributed by atoms with Crippen molar-refractivity contribution in [2.24, 2.45) is 5.92 Å². The fourth-order valence-electron chi connectivity index (χ4n) is 2.10. The van der Waals surface area contributed by atoms with Gasteiger partial charge in [0.15, 0.2) is 0 Å². The molecular formula is C13H19N3O2. The molecule has 0 radical (unpaired) electrons. The molecule has 0 bridgehead atoms. The maximum Gasteiger partial charge on any atom is 0.254 e. The highest BCUT2D eigenvalue weighted by molar-refractivity contribution is 5.94. The van der Waals surface area contributed by atoms with Crippen molar-refractivity contribution in [3.05, 3.63) is 23.3 Å². The molecule has 1 aliphatic heterocycles. The number of aryl methyl sites for hydroxylation is 2. The van der Waals surface area contributed by atoms with Crippen LogP contribution in [0.3, 0.4) is 0 Å². The molecule has 2 heterocycles. The fraction of sp³-hybridized carbons (Fsp3) is 0.615. The Morgan fingerprint density at radius 2 is 2.39 bits per heavy atom. The summed E-state index contributed by atoms with van der Waals surface area (Å²) in [7, 11) is 0. The second-order valence-corrected chi connectivity index (χ2v) is 4.69. The number of rotatable bonds is 4. The van der Waals surface area contributed by atoms with Gasteiger partial charge in [-0.15, -0.1) is 0 Å². The van der Waals surface area contributed by atoms with Crippen molar-refractivity contribution in [3.8, 4) is 0 Å². The maximum atomic E-state index is 11.9. The Morgan fingerprint density at radius 3 is 3.06 bits per heavy atom. The Morgan fingerprint density at radius 1 is 1.56 bits per heavy atom. The fourth-order valence-corrected chi connectivity index (χ4v) is 2.10. The average molecular weight is 249 g/mol. The number of hydrogen-bond donors (Lipinski definition) is 1. The van der Waals surface area contributed by atoms with E-state index in [4.69, 9.17) is 4.74 Å². The molecule has 98 valence electrons. The van der Waals surface area contributed by atoms with Gasteiger partial charge >= 0.3 is 0 Å². The minimum absolute atomic E-state index is 0.0913. The lowest BCUT2D eigenvalue weighted by Gasteiger charge is -2.09. The van der Waals surface area contributed by atoms with E-state index < -0.39 is 0 Å². The summed E-state index contributed by atoms with van der Waals surface area (Å²) in [5, 5.41) is 2.91. The highest BCUT2D eigenvalue weighted by Gasteiger charge is 2.16. The van der Waals surface area contributed by atoms with Crippen LogP contribution >= 0.6 is 0 Å². The van der Waals surface area contributed by atoms with Gasteiger partial charge in [0.25, 0.3) is 5.91 Å². The molecule has 5 heteroatoms. The van der Waals surface area contributed by atoms with Gasteiger partial charge < -0.3 is 10.1 Å². The molecule has 0 spiro atoms. The smallest absolute Gasteiger partial charge is 0.254 e. The first-order valence-corrected chi connectivity index (χ1v) is 6.33. The summed E-state index contributed by atoms with van der Waals surface area (Å²) < 4.78 is 5.30. The molecule has 18 heavy (non-hydrogen) atoms. The van der Waals surface area contributed by atoms with Crippen LogP contribution < -0.4 is 5.32 Å². The highest BCUT2D eigenvalue weighted by Crippen LogP contribution is 2.15. The van der Waals surface area contributed by atoms with Gasteiger partial charge in [-0.2, -0.15) is 0 Å². The molecule has 1 saturated heterocycles. The molecule has 1 amide bonds. The first-order valence-electron chi connectivity index (χ1n) is 6.33. The van der Waals surface area contributed by atoms with Gasteiger partial charge in [-0.05, 0) is 32.6 Å². The average Bonchev–Trinajstić information content (AvgIpc) is 2.81. The Labute approximate surface area is 107 Å². The van der Waals surface area contributed by atoms with Crippen molar-refractivity contribution in [1.29, 1.82) is 0 Å². The minimum atomic E-state index is -0.0913. The zero-order chi connectivity index (χ0) is 13.0. The summed E-state index contributed by atoms with van der Waals surface area (Å²) in [4.78, 5) is 20.2. The van der Waals surface area contributed by atoms with Crippen LogP contribution in [0.15, 0.2) is 6.20 Å². The minimum Gasteiger partial charge on any atom is -0.381 e. The lowest BCUT2D eigenvalue weighted by molar-refractivity contribution is 0.0949. The highest BCUT2D eigenvalue weighted by atomic mass is 16.5. The summed E-state index contributed by atoms with van der Waals surface area (Å²) >= 11 is 0. The summed E-state index contributed by atoms with van der Waals surface area (Å²) in [5.74, 6) is 1.18. The molecule has 1 aliphatic rings. The molecule has 0 aromatic carbocycles. The first kappa shape index (κ1) is 13.0. The monoisotopic (exact) mass is 249 g/mol. The largest absolute Gasteiger partial charge is 0.381 e. The quantitative estimate of drug-likeness (QED) is 0.872. The van der Waals surface area contributed by atoms with Crippen LogP contribution in [0.4, 0.5) is 0 Å². The normalized spacial score (nSPS) is 18.9. The second kappa shape index (κ2) is 5.91. The number of amides is 1. The Bertz CT molecular complexity index is 428. The van der Waals surface area contributed by atoms with Crippen LogP contribution in [-0.2, 0) is 4.74 Å². The molecule has 0 saturated carbocycles. The summed E-state index contributed by atoms with van der Waals surface area (Å²) in [6, 6.07) is 0. The van der Waals surface area contributed by atoms with E-state index in [1.807, 2.05) is 13.8 Å². The third-order valence-electron chi connectivity index (χ3n) is 3.21. The van der Waals surface area contributed by atoms with Crippen molar-refractivity contribution in [1.82, 2.24) is 15.3 Å². The van der Waals surface area contributed by atoms with E-state index in [0.29, 0.717) is 23.9 Å². The molecule has 1 N–H and O–H groups in total. The van der Waals surface area contributed by atoms with Gasteiger partial charge in [-0.1, -0.05) is 0 Å². The number of hydrogen-bond acceptors (Lipinski definition) is 4. The lowest BCUT2D eigenvalue weighted by atomic mass is 10.1. The lowest BCUT2D eigenvalue weighted by Crippen LogP contribution is -2.27. The van der Waals surface area contributed by atoms with Crippen LogP contribution in [0.2, 0.25) is 0 Å². The molecule has 2 rings (SSSR count). The molecule has 0 unspecified atom stereocenters. The van der Waals surface area contributed by atoms with E-state index in [1.165, 1.54) is 0 Å². The van der Waals surface area contributed by atoms with Crippen LogP contribution in [0, 0.1) is 19.8 Å². The van der Waals surface area contributed by atoms with Gasteiger partial charge in [0.2, 0.25) is 0 Å². The summed E-state index contributed by atoms with van der Waals surface area (Å²) in [6.45, 7) is 6.00. The van der Waals surface area contributed by atoms with Crippen molar-refractivity contribution in [2.45, 2.75) is 26.7 Å². The predicted octanol–water partition coefficient (Wildman–Crippen LogP) is 1.25. The molecule has 1 fully saturated rings. The number of carbonyl (C=O) groups is 1. The number of nitrogens with zero attached hydrogens (tertiary/aromatic N) is 2. The molecule has 1 atom stereocenters. The number of nitrogens with one attached hydrogen (secondary N) is 1. The Hall–Kier alpha value is -1.49. The Kier molecular flexibility index (Phi) is 4.25. The molecular weight excluding hydrogens is 230 g/mol. The second-order valence-electron chi connectivity index (χ2n) is 4.69. The SMILES string of the molecule is Cc1ncc(C(=O)NCC[C@H]2CCOC2)c(C)n1. The maximum absolute atomic E-state index is 11.9. The third kappa shape index (κ3) is 3.26. The van der Waals surface area contributed by atoms with Crippen LogP contribution in [-0.4, -0.2) is 35.6 Å². The van der Waals surface area contributed by atoms with Gasteiger partial charge in [0.1, 0.15) is 5.82 Å². The topological polar surface area (TPSA) is 64.1 Å². The Balaban J connectivity index is 1.83. The first-order chi connectivity index (χ1) is 8.66. The van der Waals surface area contributed by atoms with Crippen molar-refractivity contribution in [3.63, 3.8) is 0 Å². The van der Waals surface area contributed by atoms with Gasteiger partial charge in [-0.3, -0.25) is 4.79 Å². The van der Waals surface area contributed by atoms with E-state index in [1.54, 1.807) is 6.20 Å². The van der Waals surface area contributed by atoms with E-state index in [9.17, 15) is 4.79 Å². The van der Waals surface area contributed by atoms with Crippen molar-refractivity contribution >= 4 is 5.91 Å². The summed E-state index contributed by atoms with van der Waals surface area (Å²) in [6.07, 6.45) is 3.66. The predicted molar refractivity (Wildman–Crippen MR) is 67.4 cm³/mol. The van der Waals surface area contributed by atoms with Gasteiger partial charge in [0, 0.05) is 26.0 Å². The van der Waals surface area contributed by atoms with Gasteiger partial charge in [-0.25, -0.2) is 9.97 Å². The van der Waals surface area contributed by atoms with E-state index in [2.05, 4.69) is 15.3 Å². The van der Waals surface area contributed by atoms with Crippen molar-refractivity contribution in [2.75, 3.05) is 19.8 Å². The van der Waals surface area contributed by atoms with Gasteiger partial charge in [0.05, 0.1) is 11.3 Å². The van der Waals surface area contributed by atoms with Crippen LogP contribution in [0.1, 0.15) is 34.7 Å². The molecule has 1 aromatic rings. The molecule has 0 aliphatic carbocycles. The van der Waals surface area contributed by atoms with Crippen LogP contribution in [0.5, 0.6) is 0 Å². The van der Waals surface area contributed by atoms with E-state index in [0.717, 1.165) is 31.7 Å². The number of ether oxygens (including phenoxy) is 1.